The number of aromatic nitrogens is 2. The monoisotopic (exact) mass is 407 g/mol. The maximum atomic E-state index is 13.2. The molecule has 0 bridgehead atoms. The molecule has 0 saturated heterocycles. The van der Waals surface area contributed by atoms with E-state index >= 15 is 0 Å². The second-order valence-electron chi connectivity index (χ2n) is 8.97. The van der Waals surface area contributed by atoms with Gasteiger partial charge >= 0.3 is 5.97 Å². The van der Waals surface area contributed by atoms with Crippen LogP contribution in [-0.4, -0.2) is 22.4 Å². The highest BCUT2D eigenvalue weighted by atomic mass is 16.5. The molecule has 1 heterocycles. The fourth-order valence-electron chi connectivity index (χ4n) is 5.49. The van der Waals surface area contributed by atoms with Gasteiger partial charge in [-0.05, 0) is 63.5 Å². The minimum absolute atomic E-state index is 0.0377. The van der Waals surface area contributed by atoms with Crippen LogP contribution in [0, 0.1) is 17.2 Å². The molecule has 0 atom stereocenters. The van der Waals surface area contributed by atoms with Crippen molar-refractivity contribution < 1.29 is 9.53 Å². The molecule has 1 aromatic carbocycles. The molecule has 5 nitrogen and oxygen atoms in total. The molecule has 0 amide bonds. The lowest BCUT2D eigenvalue weighted by Gasteiger charge is -2.37. The molecule has 30 heavy (non-hydrogen) atoms. The van der Waals surface area contributed by atoms with Crippen molar-refractivity contribution in [3.8, 4) is 6.07 Å². The summed E-state index contributed by atoms with van der Waals surface area (Å²) in [7, 11) is 0. The van der Waals surface area contributed by atoms with Crippen molar-refractivity contribution in [1.29, 1.82) is 5.26 Å². The molecule has 0 spiro atoms. The van der Waals surface area contributed by atoms with Crippen LogP contribution < -0.4 is 0 Å². The van der Waals surface area contributed by atoms with Gasteiger partial charge in [0.15, 0.2) is 0 Å². The van der Waals surface area contributed by atoms with Crippen molar-refractivity contribution in [2.75, 3.05) is 6.61 Å². The summed E-state index contributed by atoms with van der Waals surface area (Å²) >= 11 is 0. The zero-order valence-electron chi connectivity index (χ0n) is 18.3. The second kappa shape index (κ2) is 8.79. The summed E-state index contributed by atoms with van der Waals surface area (Å²) < 4.78 is 7.80. The van der Waals surface area contributed by atoms with Crippen molar-refractivity contribution in [3.05, 3.63) is 29.5 Å². The average molecular weight is 408 g/mol. The van der Waals surface area contributed by atoms with Crippen LogP contribution in [0.3, 0.4) is 0 Å². The highest BCUT2D eigenvalue weighted by Gasteiger charge is 2.45. The van der Waals surface area contributed by atoms with Crippen LogP contribution in [0.15, 0.2) is 18.2 Å². The predicted octanol–water partition coefficient (Wildman–Crippen LogP) is 5.62. The van der Waals surface area contributed by atoms with Gasteiger partial charge < -0.3 is 4.74 Å². The van der Waals surface area contributed by atoms with Crippen molar-refractivity contribution in [1.82, 2.24) is 9.78 Å². The molecule has 0 aliphatic heterocycles. The lowest BCUT2D eigenvalue weighted by molar-refractivity contribution is -0.152. The third kappa shape index (κ3) is 3.62. The summed E-state index contributed by atoms with van der Waals surface area (Å²) in [5.41, 5.74) is 2.68. The largest absolute Gasteiger partial charge is 0.465 e. The molecule has 160 valence electrons. The number of hydrogen-bond donors (Lipinski definition) is 0. The van der Waals surface area contributed by atoms with E-state index < -0.39 is 5.41 Å². The number of carbonyl (C=O) groups is 1. The predicted molar refractivity (Wildman–Crippen MR) is 117 cm³/mol. The minimum atomic E-state index is -0.647. The molecule has 0 N–H and O–H groups in total. The zero-order valence-corrected chi connectivity index (χ0v) is 18.3. The Kier molecular flexibility index (Phi) is 6.13. The molecular formula is C25H33N3O2. The summed E-state index contributed by atoms with van der Waals surface area (Å²) in [6.07, 6.45) is 9.93. The highest BCUT2D eigenvalue weighted by molar-refractivity contribution is 5.88. The number of hydrogen-bond acceptors (Lipinski definition) is 4. The molecule has 2 fully saturated rings. The van der Waals surface area contributed by atoms with Gasteiger partial charge in [-0.15, -0.1) is 0 Å². The number of esters is 1. The first-order chi connectivity index (χ1) is 14.6. The highest BCUT2D eigenvalue weighted by Crippen LogP contribution is 2.44. The SMILES string of the molecule is CCOC(=O)C1(c2ccc3c(CC)nn(C4CCCCC4)c3c2)CCC(C#N)CC1. The number of fused-ring (bicyclic) bond motifs is 1. The van der Waals surface area contributed by atoms with E-state index in [1.165, 1.54) is 37.5 Å². The van der Waals surface area contributed by atoms with Crippen LogP contribution >= 0.6 is 0 Å². The second-order valence-corrected chi connectivity index (χ2v) is 8.97. The van der Waals surface area contributed by atoms with Crippen molar-refractivity contribution in [2.45, 2.75) is 89.5 Å². The average Bonchev–Trinajstić information content (AvgIpc) is 3.18. The van der Waals surface area contributed by atoms with Gasteiger partial charge in [-0.3, -0.25) is 9.48 Å². The summed E-state index contributed by atoms with van der Waals surface area (Å²) in [5.74, 6) is -0.101. The van der Waals surface area contributed by atoms with Crippen molar-refractivity contribution in [3.63, 3.8) is 0 Å². The Morgan fingerprint density at radius 1 is 1.20 bits per heavy atom. The van der Waals surface area contributed by atoms with E-state index in [2.05, 4.69) is 35.9 Å². The number of nitriles is 1. The number of rotatable bonds is 5. The quantitative estimate of drug-likeness (QED) is 0.603. The smallest absolute Gasteiger partial charge is 0.316 e. The van der Waals surface area contributed by atoms with Crippen LogP contribution in [0.25, 0.3) is 10.9 Å². The van der Waals surface area contributed by atoms with E-state index in [0.717, 1.165) is 36.0 Å². The molecule has 2 aliphatic rings. The number of aryl methyl sites for hydroxylation is 1. The minimum Gasteiger partial charge on any atom is -0.465 e. The Bertz CT molecular complexity index is 941. The molecule has 2 saturated carbocycles. The molecule has 2 aliphatic carbocycles. The van der Waals surface area contributed by atoms with Crippen LogP contribution in [0.4, 0.5) is 0 Å². The molecule has 2 aromatic rings. The molecular weight excluding hydrogens is 374 g/mol. The zero-order chi connectivity index (χ0) is 21.1. The van der Waals surface area contributed by atoms with E-state index in [1.807, 2.05) is 6.92 Å². The van der Waals surface area contributed by atoms with Gasteiger partial charge in [0.25, 0.3) is 0 Å². The third-order valence-electron chi connectivity index (χ3n) is 7.28. The Morgan fingerprint density at radius 3 is 2.57 bits per heavy atom. The number of carbonyl (C=O) groups excluding carboxylic acids is 1. The summed E-state index contributed by atoms with van der Waals surface area (Å²) in [5, 5.41) is 15.6. The van der Waals surface area contributed by atoms with E-state index in [4.69, 9.17) is 9.84 Å². The van der Waals surface area contributed by atoms with E-state index in [1.54, 1.807) is 0 Å². The maximum Gasteiger partial charge on any atom is 0.316 e. The van der Waals surface area contributed by atoms with Gasteiger partial charge in [0.2, 0.25) is 0 Å². The number of nitrogens with zero attached hydrogens (tertiary/aromatic N) is 3. The van der Waals surface area contributed by atoms with Crippen LogP contribution in [0.5, 0.6) is 0 Å². The van der Waals surface area contributed by atoms with Gasteiger partial charge in [0, 0.05) is 11.3 Å². The Balaban J connectivity index is 1.80. The number of ether oxygens (including phenoxy) is 1. The molecule has 0 radical (unpaired) electrons. The Hall–Kier alpha value is -2.35. The van der Waals surface area contributed by atoms with Gasteiger partial charge in [-0.25, -0.2) is 0 Å². The molecule has 4 rings (SSSR count). The molecule has 0 unspecified atom stereocenters. The van der Waals surface area contributed by atoms with Gasteiger partial charge in [-0.2, -0.15) is 10.4 Å². The summed E-state index contributed by atoms with van der Waals surface area (Å²) in [6, 6.07) is 9.32. The number of benzene rings is 1. The molecule has 5 heteroatoms. The van der Waals surface area contributed by atoms with Crippen molar-refractivity contribution in [2.24, 2.45) is 5.92 Å². The fourth-order valence-corrected chi connectivity index (χ4v) is 5.49. The fraction of sp³-hybridized carbons (Fsp3) is 0.640. The summed E-state index contributed by atoms with van der Waals surface area (Å²) in [4.78, 5) is 13.2. The summed E-state index contributed by atoms with van der Waals surface area (Å²) in [6.45, 7) is 4.40. The Labute approximate surface area is 179 Å². The lowest BCUT2D eigenvalue weighted by atomic mass is 9.66. The van der Waals surface area contributed by atoms with E-state index in [9.17, 15) is 10.1 Å². The normalized spacial score (nSPS) is 25.2. The first-order valence-electron chi connectivity index (χ1n) is 11.7. The van der Waals surface area contributed by atoms with Gasteiger partial charge in [0.1, 0.15) is 0 Å². The Morgan fingerprint density at radius 2 is 1.93 bits per heavy atom. The van der Waals surface area contributed by atoms with E-state index in [0.29, 0.717) is 25.5 Å². The van der Waals surface area contributed by atoms with Crippen molar-refractivity contribution >= 4 is 16.9 Å². The third-order valence-corrected chi connectivity index (χ3v) is 7.28. The first-order valence-corrected chi connectivity index (χ1v) is 11.7. The van der Waals surface area contributed by atoms with E-state index in [-0.39, 0.29) is 11.9 Å². The standard InChI is InChI=1S/C25H33N3O2/c1-3-22-21-11-10-19(16-23(21)28(27-22)20-8-6-5-7-9-20)25(24(29)30-4-2)14-12-18(17-26)13-15-25/h10-11,16,18,20H,3-9,12-15H2,1-2H3. The van der Waals surface area contributed by atoms with Gasteiger partial charge in [-0.1, -0.05) is 38.3 Å². The lowest BCUT2D eigenvalue weighted by Crippen LogP contribution is -2.41. The maximum absolute atomic E-state index is 13.2. The van der Waals surface area contributed by atoms with Gasteiger partial charge in [0.05, 0.1) is 35.3 Å². The van der Waals surface area contributed by atoms with Crippen LogP contribution in [-0.2, 0) is 21.4 Å². The van der Waals surface area contributed by atoms with Crippen LogP contribution in [0.1, 0.15) is 88.9 Å². The molecule has 1 aromatic heterocycles. The first kappa shape index (κ1) is 20.9. The van der Waals surface area contributed by atoms with Crippen LogP contribution in [0.2, 0.25) is 0 Å². The topological polar surface area (TPSA) is 67.9 Å².